The van der Waals surface area contributed by atoms with Gasteiger partial charge in [-0.2, -0.15) is 0 Å². The molecule has 2 heteroatoms. The van der Waals surface area contributed by atoms with Crippen LogP contribution in [0.3, 0.4) is 0 Å². The van der Waals surface area contributed by atoms with E-state index in [9.17, 15) is 0 Å². The summed E-state index contributed by atoms with van der Waals surface area (Å²) in [7, 11) is 0. The summed E-state index contributed by atoms with van der Waals surface area (Å²) in [5.74, 6) is 0. The summed E-state index contributed by atoms with van der Waals surface area (Å²) in [6, 6.07) is 37.1. The molecular weight excluding hydrogens is 484 g/mol. The molecule has 6 aromatic rings. The lowest BCUT2D eigenvalue weighted by atomic mass is 9.79. The number of hydrogen-bond acceptors (Lipinski definition) is 2. The standard InChI is InChI=1S/C38H36N2/c1-37(2,3)32-18-30(19-33(23-32)38(4,5)6)31-21-34(28-16-15-25-11-7-8-12-26(25)17-28)40-36(22-31)35-20-27-13-9-10-14-29(27)24-39-35/h7-24H,1-6H3. The Morgan fingerprint density at radius 1 is 0.425 bits per heavy atom. The largest absolute Gasteiger partial charge is 0.254 e. The van der Waals surface area contributed by atoms with E-state index in [0.29, 0.717) is 0 Å². The first-order valence-electron chi connectivity index (χ1n) is 14.1. The minimum Gasteiger partial charge on any atom is -0.254 e. The normalized spacial score (nSPS) is 12.2. The third-order valence-corrected chi connectivity index (χ3v) is 7.76. The minimum absolute atomic E-state index is 0.0347. The molecule has 0 radical (unpaired) electrons. The smallest absolute Gasteiger partial charge is 0.0900 e. The predicted molar refractivity (Wildman–Crippen MR) is 171 cm³/mol. The fourth-order valence-corrected chi connectivity index (χ4v) is 5.21. The monoisotopic (exact) mass is 520 g/mol. The van der Waals surface area contributed by atoms with Gasteiger partial charge in [0.15, 0.2) is 0 Å². The summed E-state index contributed by atoms with van der Waals surface area (Å²) < 4.78 is 0. The number of rotatable bonds is 3. The van der Waals surface area contributed by atoms with Gasteiger partial charge in [0.2, 0.25) is 0 Å². The van der Waals surface area contributed by atoms with Gasteiger partial charge in [0.05, 0.1) is 17.1 Å². The maximum absolute atomic E-state index is 5.19. The van der Waals surface area contributed by atoms with Crippen LogP contribution >= 0.6 is 0 Å². The Morgan fingerprint density at radius 2 is 0.975 bits per heavy atom. The molecule has 0 amide bonds. The highest BCUT2D eigenvalue weighted by Gasteiger charge is 2.21. The molecule has 0 aliphatic carbocycles. The van der Waals surface area contributed by atoms with Crippen LogP contribution in [0.25, 0.3) is 55.3 Å². The first-order chi connectivity index (χ1) is 19.0. The summed E-state index contributed by atoms with van der Waals surface area (Å²) in [4.78, 5) is 10.0. The van der Waals surface area contributed by atoms with Gasteiger partial charge in [-0.05, 0) is 73.5 Å². The fraction of sp³-hybridized carbons (Fsp3) is 0.211. The number of nitrogens with zero attached hydrogens (tertiary/aromatic N) is 2. The highest BCUT2D eigenvalue weighted by atomic mass is 14.8. The molecule has 2 nitrogen and oxygen atoms in total. The quantitative estimate of drug-likeness (QED) is 0.232. The highest BCUT2D eigenvalue weighted by molar-refractivity contribution is 5.89. The maximum atomic E-state index is 5.19. The van der Waals surface area contributed by atoms with Gasteiger partial charge in [-0.1, -0.05) is 120 Å². The van der Waals surface area contributed by atoms with E-state index < -0.39 is 0 Å². The van der Waals surface area contributed by atoms with Crippen molar-refractivity contribution in [2.45, 2.75) is 52.4 Å². The Labute approximate surface area is 237 Å². The lowest BCUT2D eigenvalue weighted by molar-refractivity contribution is 0.569. The van der Waals surface area contributed by atoms with Gasteiger partial charge >= 0.3 is 0 Å². The Kier molecular flexibility index (Phi) is 6.30. The van der Waals surface area contributed by atoms with Crippen LogP contribution in [0.2, 0.25) is 0 Å². The first-order valence-corrected chi connectivity index (χ1v) is 14.1. The maximum Gasteiger partial charge on any atom is 0.0900 e. The van der Waals surface area contributed by atoms with Gasteiger partial charge in [-0.25, -0.2) is 4.98 Å². The first kappa shape index (κ1) is 26.0. The molecule has 0 unspecified atom stereocenters. The van der Waals surface area contributed by atoms with Crippen molar-refractivity contribution in [3.8, 4) is 33.8 Å². The zero-order valence-corrected chi connectivity index (χ0v) is 24.3. The number of aromatic nitrogens is 2. The zero-order valence-electron chi connectivity index (χ0n) is 24.3. The molecule has 0 spiro atoms. The van der Waals surface area contributed by atoms with Gasteiger partial charge in [0, 0.05) is 17.1 Å². The van der Waals surface area contributed by atoms with E-state index in [1.807, 2.05) is 6.20 Å². The van der Waals surface area contributed by atoms with Crippen molar-refractivity contribution >= 4 is 21.5 Å². The average Bonchev–Trinajstić information content (AvgIpc) is 2.95. The molecule has 0 bridgehead atoms. The molecular formula is C38H36N2. The molecule has 198 valence electrons. The van der Waals surface area contributed by atoms with Gasteiger partial charge < -0.3 is 0 Å². The second kappa shape index (κ2) is 9.71. The van der Waals surface area contributed by atoms with Crippen molar-refractivity contribution < 1.29 is 0 Å². The summed E-state index contributed by atoms with van der Waals surface area (Å²) >= 11 is 0. The number of fused-ring (bicyclic) bond motifs is 2. The Bertz CT molecular complexity index is 1740. The highest BCUT2D eigenvalue weighted by Crippen LogP contribution is 2.37. The number of pyridine rings is 2. The summed E-state index contributed by atoms with van der Waals surface area (Å²) in [6.45, 7) is 13.7. The van der Waals surface area contributed by atoms with Crippen LogP contribution in [0, 0.1) is 0 Å². The molecule has 2 aromatic heterocycles. The molecule has 0 N–H and O–H groups in total. The van der Waals surface area contributed by atoms with Crippen molar-refractivity contribution in [1.29, 1.82) is 0 Å². The van der Waals surface area contributed by atoms with E-state index >= 15 is 0 Å². The second-order valence-corrected chi connectivity index (χ2v) is 12.9. The van der Waals surface area contributed by atoms with Gasteiger partial charge in [0.25, 0.3) is 0 Å². The molecule has 0 aliphatic heterocycles. The molecule has 40 heavy (non-hydrogen) atoms. The molecule has 2 heterocycles. The van der Waals surface area contributed by atoms with Crippen LogP contribution in [0.15, 0.2) is 109 Å². The predicted octanol–water partition coefficient (Wildman–Crippen LogP) is 10.4. The van der Waals surface area contributed by atoms with E-state index in [1.54, 1.807) is 0 Å². The van der Waals surface area contributed by atoms with Crippen molar-refractivity contribution in [3.05, 3.63) is 120 Å². The van der Waals surface area contributed by atoms with Crippen molar-refractivity contribution in [3.63, 3.8) is 0 Å². The lowest BCUT2D eigenvalue weighted by Crippen LogP contribution is -2.16. The van der Waals surface area contributed by atoms with Gasteiger partial charge in [-0.15, -0.1) is 0 Å². The topological polar surface area (TPSA) is 25.8 Å². The Morgan fingerprint density at radius 3 is 1.62 bits per heavy atom. The average molecular weight is 521 g/mol. The third-order valence-electron chi connectivity index (χ3n) is 7.76. The van der Waals surface area contributed by atoms with Crippen molar-refractivity contribution in [2.24, 2.45) is 0 Å². The van der Waals surface area contributed by atoms with Crippen molar-refractivity contribution in [2.75, 3.05) is 0 Å². The van der Waals surface area contributed by atoms with Crippen LogP contribution in [0.1, 0.15) is 52.7 Å². The van der Waals surface area contributed by atoms with Gasteiger partial charge in [-0.3, -0.25) is 4.98 Å². The minimum atomic E-state index is 0.0347. The third kappa shape index (κ3) is 5.14. The van der Waals surface area contributed by atoms with Gasteiger partial charge in [0.1, 0.15) is 0 Å². The second-order valence-electron chi connectivity index (χ2n) is 12.9. The summed E-state index contributed by atoms with van der Waals surface area (Å²) in [5.41, 5.74) is 8.92. The molecule has 0 aliphatic rings. The molecule has 0 saturated heterocycles. The molecule has 0 saturated carbocycles. The van der Waals surface area contributed by atoms with Crippen LogP contribution in [-0.4, -0.2) is 9.97 Å². The Hall–Kier alpha value is -4.30. The van der Waals surface area contributed by atoms with E-state index in [0.717, 1.165) is 39.0 Å². The fourth-order valence-electron chi connectivity index (χ4n) is 5.21. The van der Waals surface area contributed by atoms with E-state index in [2.05, 4.69) is 145 Å². The Balaban J connectivity index is 1.60. The SMILES string of the molecule is CC(C)(C)c1cc(-c2cc(-c3ccc4ccccc4c3)nc(-c3cc4ccccc4cn3)c2)cc(C(C)(C)C)c1. The van der Waals surface area contributed by atoms with Crippen LogP contribution in [-0.2, 0) is 10.8 Å². The summed E-state index contributed by atoms with van der Waals surface area (Å²) in [6.07, 6.45) is 1.95. The van der Waals surface area contributed by atoms with E-state index in [-0.39, 0.29) is 10.8 Å². The molecule has 0 atom stereocenters. The van der Waals surface area contributed by atoms with Crippen molar-refractivity contribution in [1.82, 2.24) is 9.97 Å². The van der Waals surface area contributed by atoms with E-state index in [4.69, 9.17) is 9.97 Å². The zero-order chi connectivity index (χ0) is 28.1. The van der Waals surface area contributed by atoms with Crippen LogP contribution in [0.4, 0.5) is 0 Å². The number of hydrogen-bond donors (Lipinski definition) is 0. The number of benzene rings is 4. The van der Waals surface area contributed by atoms with E-state index in [1.165, 1.54) is 27.5 Å². The van der Waals surface area contributed by atoms with Crippen LogP contribution < -0.4 is 0 Å². The lowest BCUT2D eigenvalue weighted by Gasteiger charge is -2.26. The molecule has 4 aromatic carbocycles. The molecule has 0 fully saturated rings. The van der Waals surface area contributed by atoms with Crippen LogP contribution in [0.5, 0.6) is 0 Å². The summed E-state index contributed by atoms with van der Waals surface area (Å²) in [5, 5.41) is 4.73. The molecule has 6 rings (SSSR count).